The fourth-order valence-electron chi connectivity index (χ4n) is 2.27. The van der Waals surface area contributed by atoms with E-state index in [1.165, 1.54) is 13.3 Å². The summed E-state index contributed by atoms with van der Waals surface area (Å²) < 4.78 is 9.76. The summed E-state index contributed by atoms with van der Waals surface area (Å²) in [6, 6.07) is -0.657. The summed E-state index contributed by atoms with van der Waals surface area (Å²) in [5.74, 6) is 4.68. The third-order valence-electron chi connectivity index (χ3n) is 3.61. The van der Waals surface area contributed by atoms with Gasteiger partial charge >= 0.3 is 12.0 Å². The van der Waals surface area contributed by atoms with Crippen molar-refractivity contribution in [1.82, 2.24) is 10.2 Å². The van der Waals surface area contributed by atoms with Crippen LogP contribution >= 0.6 is 0 Å². The number of aliphatic hydroxyl groups excluding tert-OH is 3. The second-order valence-corrected chi connectivity index (χ2v) is 5.20. The molecule has 2 amide bonds. The molecule has 0 aromatic carbocycles. The Labute approximate surface area is 137 Å². The SMILES string of the molecule is COC(=O)CC#CC1=CN(C2OC(CO)C(O)C2O)C(=O)NC1N. The van der Waals surface area contributed by atoms with E-state index in [-0.39, 0.29) is 12.0 Å². The highest BCUT2D eigenvalue weighted by atomic mass is 16.6. The molecular weight excluding hydrogens is 322 g/mol. The third-order valence-corrected chi connectivity index (χ3v) is 3.61. The maximum atomic E-state index is 12.0. The fraction of sp³-hybridized carbons (Fsp3) is 0.571. The van der Waals surface area contributed by atoms with Crippen molar-refractivity contribution in [3.8, 4) is 11.8 Å². The highest BCUT2D eigenvalue weighted by molar-refractivity contribution is 5.79. The lowest BCUT2D eigenvalue weighted by molar-refractivity contribution is -0.139. The van der Waals surface area contributed by atoms with Gasteiger partial charge in [-0.15, -0.1) is 0 Å². The van der Waals surface area contributed by atoms with E-state index in [9.17, 15) is 19.8 Å². The van der Waals surface area contributed by atoms with Crippen LogP contribution in [0.2, 0.25) is 0 Å². The molecule has 0 spiro atoms. The van der Waals surface area contributed by atoms with Crippen molar-refractivity contribution in [2.75, 3.05) is 13.7 Å². The Hall–Kier alpha value is -2.16. The normalized spacial score (nSPS) is 32.5. The topological polar surface area (TPSA) is 155 Å². The van der Waals surface area contributed by atoms with Gasteiger partial charge in [0.25, 0.3) is 0 Å². The zero-order chi connectivity index (χ0) is 17.9. The Kier molecular flexibility index (Phi) is 5.76. The van der Waals surface area contributed by atoms with E-state index in [1.54, 1.807) is 0 Å². The standard InChI is InChI=1S/C14H19N3O7/c1-23-9(19)4-2-3-7-5-17(14(22)16-12(7)15)13-11(21)10(20)8(6-18)24-13/h5,8,10-13,18,20-21H,4,6,15H2,1H3,(H,16,22). The van der Waals surface area contributed by atoms with Crippen molar-refractivity contribution in [3.05, 3.63) is 11.8 Å². The molecule has 0 bridgehead atoms. The Balaban J connectivity index is 2.20. The molecule has 0 radical (unpaired) electrons. The van der Waals surface area contributed by atoms with Gasteiger partial charge in [-0.25, -0.2) is 4.79 Å². The number of nitrogens with two attached hydrogens (primary N) is 1. The van der Waals surface area contributed by atoms with Crippen molar-refractivity contribution in [3.63, 3.8) is 0 Å². The largest absolute Gasteiger partial charge is 0.468 e. The number of hydrogen-bond donors (Lipinski definition) is 5. The van der Waals surface area contributed by atoms with E-state index in [0.717, 1.165) is 4.90 Å². The molecule has 10 heteroatoms. The van der Waals surface area contributed by atoms with Gasteiger partial charge in [-0.3, -0.25) is 9.69 Å². The molecule has 5 unspecified atom stereocenters. The van der Waals surface area contributed by atoms with Crippen LogP contribution in [0.3, 0.4) is 0 Å². The third kappa shape index (κ3) is 3.66. The van der Waals surface area contributed by atoms with Gasteiger partial charge in [0.1, 0.15) is 30.9 Å². The van der Waals surface area contributed by atoms with Gasteiger partial charge < -0.3 is 35.8 Å². The summed E-state index contributed by atoms with van der Waals surface area (Å²) in [5.41, 5.74) is 6.03. The van der Waals surface area contributed by atoms with Gasteiger partial charge in [-0.05, 0) is 0 Å². The molecule has 10 nitrogen and oxygen atoms in total. The number of aliphatic hydroxyl groups is 3. The van der Waals surface area contributed by atoms with E-state index in [0.29, 0.717) is 0 Å². The molecule has 0 aliphatic carbocycles. The van der Waals surface area contributed by atoms with Crippen LogP contribution in [-0.4, -0.2) is 76.6 Å². The minimum absolute atomic E-state index is 0.150. The quantitative estimate of drug-likeness (QED) is 0.272. The van der Waals surface area contributed by atoms with Crippen LogP contribution < -0.4 is 11.1 Å². The number of carbonyl (C=O) groups excluding carboxylic acids is 2. The van der Waals surface area contributed by atoms with Crippen LogP contribution in [0, 0.1) is 11.8 Å². The average Bonchev–Trinajstić information content (AvgIpc) is 2.84. The highest BCUT2D eigenvalue weighted by Gasteiger charge is 2.47. The summed E-state index contributed by atoms with van der Waals surface area (Å²) in [6.45, 7) is -0.515. The van der Waals surface area contributed by atoms with Crippen molar-refractivity contribution >= 4 is 12.0 Å². The lowest BCUT2D eigenvalue weighted by Crippen LogP contribution is -2.56. The van der Waals surface area contributed by atoms with Crippen molar-refractivity contribution < 1.29 is 34.4 Å². The molecule has 0 aromatic heterocycles. The number of carbonyl (C=O) groups is 2. The molecule has 2 aliphatic heterocycles. The number of urea groups is 1. The summed E-state index contributed by atoms with van der Waals surface area (Å²) in [6.07, 6.45) is -4.75. The fourth-order valence-corrected chi connectivity index (χ4v) is 2.27. The van der Waals surface area contributed by atoms with E-state index in [1.807, 2.05) is 0 Å². The van der Waals surface area contributed by atoms with Gasteiger partial charge in [-0.2, -0.15) is 0 Å². The molecule has 132 valence electrons. The smallest absolute Gasteiger partial charge is 0.325 e. The zero-order valence-corrected chi connectivity index (χ0v) is 12.9. The maximum absolute atomic E-state index is 12.0. The van der Waals surface area contributed by atoms with Crippen molar-refractivity contribution in [2.45, 2.75) is 37.1 Å². The number of ether oxygens (including phenoxy) is 2. The van der Waals surface area contributed by atoms with Gasteiger partial charge in [-0.1, -0.05) is 11.8 Å². The lowest BCUT2D eigenvalue weighted by atomic mass is 10.1. The number of amides is 2. The maximum Gasteiger partial charge on any atom is 0.325 e. The number of hydrogen-bond acceptors (Lipinski definition) is 8. The van der Waals surface area contributed by atoms with Gasteiger partial charge in [0.05, 0.1) is 19.3 Å². The first kappa shape index (κ1) is 18.2. The zero-order valence-electron chi connectivity index (χ0n) is 12.9. The molecule has 2 aliphatic rings. The molecule has 0 saturated carbocycles. The number of esters is 1. The Morgan fingerprint density at radius 2 is 2.21 bits per heavy atom. The van der Waals surface area contributed by atoms with E-state index < -0.39 is 49.3 Å². The summed E-state index contributed by atoms with van der Waals surface area (Å²) in [4.78, 5) is 24.1. The molecule has 1 fully saturated rings. The van der Waals surface area contributed by atoms with Gasteiger partial charge in [0, 0.05) is 6.20 Å². The molecule has 1 saturated heterocycles. The lowest BCUT2D eigenvalue weighted by Gasteiger charge is -2.33. The first-order chi connectivity index (χ1) is 11.4. The Bertz CT molecular complexity index is 597. The second-order valence-electron chi connectivity index (χ2n) is 5.20. The summed E-state index contributed by atoms with van der Waals surface area (Å²) in [5, 5.41) is 31.3. The number of methoxy groups -OCH3 is 1. The van der Waals surface area contributed by atoms with Crippen LogP contribution in [0.15, 0.2) is 11.8 Å². The summed E-state index contributed by atoms with van der Waals surface area (Å²) in [7, 11) is 1.24. The Morgan fingerprint density at radius 1 is 1.50 bits per heavy atom. The minimum Gasteiger partial charge on any atom is -0.468 e. The molecule has 6 N–H and O–H groups in total. The number of rotatable bonds is 3. The van der Waals surface area contributed by atoms with E-state index in [2.05, 4.69) is 21.9 Å². The number of nitrogens with zero attached hydrogens (tertiary/aromatic N) is 1. The van der Waals surface area contributed by atoms with Crippen LogP contribution in [0.4, 0.5) is 4.79 Å². The predicted octanol–water partition coefficient (Wildman–Crippen LogP) is -2.81. The second kappa shape index (κ2) is 7.61. The van der Waals surface area contributed by atoms with Gasteiger partial charge in [0.2, 0.25) is 0 Å². The van der Waals surface area contributed by atoms with Crippen LogP contribution in [0.1, 0.15) is 6.42 Å². The molecular formula is C14H19N3O7. The van der Waals surface area contributed by atoms with Crippen molar-refractivity contribution in [2.24, 2.45) is 5.73 Å². The van der Waals surface area contributed by atoms with Crippen LogP contribution in [0.25, 0.3) is 0 Å². The molecule has 24 heavy (non-hydrogen) atoms. The average molecular weight is 341 g/mol. The van der Waals surface area contributed by atoms with Crippen LogP contribution in [0.5, 0.6) is 0 Å². The first-order valence-corrected chi connectivity index (χ1v) is 7.13. The first-order valence-electron chi connectivity index (χ1n) is 7.13. The Morgan fingerprint density at radius 3 is 2.79 bits per heavy atom. The summed E-state index contributed by atoms with van der Waals surface area (Å²) >= 11 is 0. The predicted molar refractivity (Wildman–Crippen MR) is 78.6 cm³/mol. The molecule has 5 atom stereocenters. The van der Waals surface area contributed by atoms with E-state index >= 15 is 0 Å². The van der Waals surface area contributed by atoms with Crippen LogP contribution in [-0.2, 0) is 14.3 Å². The van der Waals surface area contributed by atoms with Crippen molar-refractivity contribution in [1.29, 1.82) is 0 Å². The minimum atomic E-state index is -1.41. The number of nitrogens with one attached hydrogen (secondary N) is 1. The van der Waals surface area contributed by atoms with E-state index in [4.69, 9.17) is 15.6 Å². The highest BCUT2D eigenvalue weighted by Crippen LogP contribution is 2.26. The molecule has 2 rings (SSSR count). The molecule has 2 heterocycles. The monoisotopic (exact) mass is 341 g/mol. The molecule has 0 aromatic rings. The van der Waals surface area contributed by atoms with Gasteiger partial charge in [0.15, 0.2) is 6.23 Å².